The molecule has 0 bridgehead atoms. The van der Waals surface area contributed by atoms with E-state index in [1.54, 1.807) is 6.20 Å². The van der Waals surface area contributed by atoms with Crippen molar-refractivity contribution in [3.8, 4) is 0 Å². The number of amides is 1. The summed E-state index contributed by atoms with van der Waals surface area (Å²) in [5, 5.41) is 4.22. The molecule has 4 rings (SSSR count). The Morgan fingerprint density at radius 2 is 2.17 bits per heavy atom. The summed E-state index contributed by atoms with van der Waals surface area (Å²) in [6, 6.07) is 9.44. The molecule has 1 aliphatic rings. The summed E-state index contributed by atoms with van der Waals surface area (Å²) in [4.78, 5) is 24.6. The van der Waals surface area contributed by atoms with Gasteiger partial charge >= 0.3 is 0 Å². The van der Waals surface area contributed by atoms with Gasteiger partial charge in [-0.05, 0) is 55.3 Å². The van der Waals surface area contributed by atoms with Crippen LogP contribution in [0.4, 0.5) is 0 Å². The van der Waals surface area contributed by atoms with E-state index in [1.807, 2.05) is 43.5 Å². The summed E-state index contributed by atoms with van der Waals surface area (Å²) in [5.74, 6) is 1.07. The number of aromatic nitrogens is 3. The van der Waals surface area contributed by atoms with Crippen molar-refractivity contribution in [2.45, 2.75) is 25.8 Å². The molecule has 5 nitrogen and oxygen atoms in total. The molecule has 0 aliphatic heterocycles. The SMILES string of the molecule is Cc1ccnc([C@H](NC(=O)c2ccc3cc[nH]c3c2)C2CC2)n1. The zero-order valence-corrected chi connectivity index (χ0v) is 12.9. The van der Waals surface area contributed by atoms with Gasteiger partial charge in [0.1, 0.15) is 0 Å². The molecule has 2 aromatic heterocycles. The lowest BCUT2D eigenvalue weighted by Gasteiger charge is -2.17. The highest BCUT2D eigenvalue weighted by molar-refractivity contribution is 5.98. The number of carbonyl (C=O) groups is 1. The minimum atomic E-state index is -0.110. The molecule has 1 saturated carbocycles. The van der Waals surface area contributed by atoms with Crippen LogP contribution in [0.2, 0.25) is 0 Å². The number of nitrogens with zero attached hydrogens (tertiary/aromatic N) is 2. The molecule has 23 heavy (non-hydrogen) atoms. The first-order chi connectivity index (χ1) is 11.2. The number of aromatic amines is 1. The second-order valence-electron chi connectivity index (χ2n) is 6.12. The highest BCUT2D eigenvalue weighted by Gasteiger charge is 2.35. The number of fused-ring (bicyclic) bond motifs is 1. The number of benzene rings is 1. The zero-order valence-electron chi connectivity index (χ0n) is 12.9. The van der Waals surface area contributed by atoms with Gasteiger partial charge in [0.2, 0.25) is 0 Å². The molecular weight excluding hydrogens is 288 g/mol. The summed E-state index contributed by atoms with van der Waals surface area (Å²) >= 11 is 0. The molecule has 2 N–H and O–H groups in total. The van der Waals surface area contributed by atoms with E-state index in [0.717, 1.165) is 29.4 Å². The molecule has 0 unspecified atom stereocenters. The number of carbonyl (C=O) groups excluding carboxylic acids is 1. The fourth-order valence-corrected chi connectivity index (χ4v) is 2.85. The van der Waals surface area contributed by atoms with Crippen LogP contribution in [0.15, 0.2) is 42.7 Å². The number of rotatable bonds is 4. The Morgan fingerprint density at radius 3 is 2.96 bits per heavy atom. The van der Waals surface area contributed by atoms with Crippen molar-refractivity contribution in [3.63, 3.8) is 0 Å². The lowest BCUT2D eigenvalue weighted by Crippen LogP contribution is -2.31. The van der Waals surface area contributed by atoms with E-state index in [-0.39, 0.29) is 11.9 Å². The predicted molar refractivity (Wildman–Crippen MR) is 88.0 cm³/mol. The van der Waals surface area contributed by atoms with Crippen LogP contribution in [0.5, 0.6) is 0 Å². The third-order valence-electron chi connectivity index (χ3n) is 4.29. The first kappa shape index (κ1) is 13.9. The Balaban J connectivity index is 1.60. The van der Waals surface area contributed by atoms with Crippen LogP contribution in [0.3, 0.4) is 0 Å². The van der Waals surface area contributed by atoms with Gasteiger partial charge in [-0.2, -0.15) is 0 Å². The average Bonchev–Trinajstić information content (AvgIpc) is 3.28. The van der Waals surface area contributed by atoms with E-state index >= 15 is 0 Å². The van der Waals surface area contributed by atoms with Crippen molar-refractivity contribution < 1.29 is 4.79 Å². The normalized spacial score (nSPS) is 15.5. The average molecular weight is 306 g/mol. The third-order valence-corrected chi connectivity index (χ3v) is 4.29. The fourth-order valence-electron chi connectivity index (χ4n) is 2.85. The van der Waals surface area contributed by atoms with Crippen LogP contribution in [-0.2, 0) is 0 Å². The van der Waals surface area contributed by atoms with E-state index in [2.05, 4.69) is 20.3 Å². The summed E-state index contributed by atoms with van der Waals surface area (Å²) in [5.41, 5.74) is 2.54. The third kappa shape index (κ3) is 2.82. The lowest BCUT2D eigenvalue weighted by molar-refractivity contribution is 0.0929. The summed E-state index contributed by atoms with van der Waals surface area (Å²) < 4.78 is 0. The molecule has 0 spiro atoms. The van der Waals surface area contributed by atoms with Crippen molar-refractivity contribution in [2.24, 2.45) is 5.92 Å². The number of aryl methyl sites for hydroxylation is 1. The Kier molecular flexibility index (Phi) is 3.33. The van der Waals surface area contributed by atoms with E-state index in [4.69, 9.17) is 0 Å². The van der Waals surface area contributed by atoms with Gasteiger partial charge in [-0.25, -0.2) is 9.97 Å². The van der Waals surface area contributed by atoms with Gasteiger partial charge in [-0.3, -0.25) is 4.79 Å². The van der Waals surface area contributed by atoms with E-state index in [9.17, 15) is 4.79 Å². The maximum absolute atomic E-state index is 12.6. The van der Waals surface area contributed by atoms with Gasteiger partial charge in [0.05, 0.1) is 6.04 Å². The molecule has 116 valence electrons. The van der Waals surface area contributed by atoms with Crippen molar-refractivity contribution in [2.75, 3.05) is 0 Å². The number of nitrogens with one attached hydrogen (secondary N) is 2. The molecular formula is C18H18N4O. The van der Waals surface area contributed by atoms with Crippen LogP contribution in [-0.4, -0.2) is 20.9 Å². The smallest absolute Gasteiger partial charge is 0.251 e. The molecule has 1 amide bonds. The van der Waals surface area contributed by atoms with E-state index in [1.165, 1.54) is 0 Å². The quantitative estimate of drug-likeness (QED) is 0.778. The van der Waals surface area contributed by atoms with Crippen LogP contribution < -0.4 is 5.32 Å². The summed E-state index contributed by atoms with van der Waals surface area (Å²) in [6.07, 6.45) is 5.85. The maximum Gasteiger partial charge on any atom is 0.251 e. The minimum Gasteiger partial charge on any atom is -0.361 e. The Bertz CT molecular complexity index is 866. The van der Waals surface area contributed by atoms with Crippen molar-refractivity contribution in [3.05, 3.63) is 59.8 Å². The van der Waals surface area contributed by atoms with Gasteiger partial charge in [-0.1, -0.05) is 6.07 Å². The Labute approximate surface area is 134 Å². The second-order valence-corrected chi connectivity index (χ2v) is 6.12. The molecule has 1 fully saturated rings. The van der Waals surface area contributed by atoms with Crippen molar-refractivity contribution >= 4 is 16.8 Å². The number of hydrogen-bond donors (Lipinski definition) is 2. The largest absolute Gasteiger partial charge is 0.361 e. The number of hydrogen-bond acceptors (Lipinski definition) is 3. The van der Waals surface area contributed by atoms with Crippen molar-refractivity contribution in [1.29, 1.82) is 0 Å². The Morgan fingerprint density at radius 1 is 1.30 bits per heavy atom. The number of H-pyrrole nitrogens is 1. The van der Waals surface area contributed by atoms with Gasteiger partial charge in [-0.15, -0.1) is 0 Å². The molecule has 2 heterocycles. The van der Waals surface area contributed by atoms with Crippen molar-refractivity contribution in [1.82, 2.24) is 20.3 Å². The summed E-state index contributed by atoms with van der Waals surface area (Å²) in [6.45, 7) is 1.94. The topological polar surface area (TPSA) is 70.7 Å². The van der Waals surface area contributed by atoms with Gasteiger partial charge < -0.3 is 10.3 Å². The molecule has 3 aromatic rings. The standard InChI is InChI=1S/C18H18N4O/c1-11-6-8-20-17(21-11)16(13-3-4-13)22-18(23)14-5-2-12-7-9-19-15(12)10-14/h2,5-10,13,16,19H,3-4H2,1H3,(H,22,23)/t16-/m1/s1. The monoisotopic (exact) mass is 306 g/mol. The van der Waals surface area contributed by atoms with Gasteiger partial charge in [0.15, 0.2) is 5.82 Å². The van der Waals surface area contributed by atoms with E-state index in [0.29, 0.717) is 17.3 Å². The second kappa shape index (κ2) is 5.50. The molecule has 5 heteroatoms. The minimum absolute atomic E-state index is 0.0801. The van der Waals surface area contributed by atoms with Gasteiger partial charge in [0, 0.05) is 29.2 Å². The molecule has 1 atom stereocenters. The molecule has 0 saturated heterocycles. The maximum atomic E-state index is 12.6. The van der Waals surface area contributed by atoms with Gasteiger partial charge in [0.25, 0.3) is 5.91 Å². The van der Waals surface area contributed by atoms with Crippen LogP contribution in [0, 0.1) is 12.8 Å². The fraction of sp³-hybridized carbons (Fsp3) is 0.278. The Hall–Kier alpha value is -2.69. The zero-order chi connectivity index (χ0) is 15.8. The summed E-state index contributed by atoms with van der Waals surface area (Å²) in [7, 11) is 0. The first-order valence-corrected chi connectivity index (χ1v) is 7.88. The highest BCUT2D eigenvalue weighted by Crippen LogP contribution is 2.40. The highest BCUT2D eigenvalue weighted by atomic mass is 16.1. The van der Waals surface area contributed by atoms with Crippen LogP contribution >= 0.6 is 0 Å². The predicted octanol–water partition coefficient (Wildman–Crippen LogP) is 3.15. The van der Waals surface area contributed by atoms with E-state index < -0.39 is 0 Å². The molecule has 1 aliphatic carbocycles. The molecule has 1 aromatic carbocycles. The van der Waals surface area contributed by atoms with Crippen LogP contribution in [0.1, 0.15) is 40.8 Å². The van der Waals surface area contributed by atoms with Crippen LogP contribution in [0.25, 0.3) is 10.9 Å². The lowest BCUT2D eigenvalue weighted by atomic mass is 10.1. The first-order valence-electron chi connectivity index (χ1n) is 7.88. The molecule has 0 radical (unpaired) electrons.